The number of benzene rings is 3. The van der Waals surface area contributed by atoms with Gasteiger partial charge in [-0.3, -0.25) is 0 Å². The molecule has 5 rings (SSSR count). The van der Waals surface area contributed by atoms with E-state index >= 15 is 0 Å². The Labute approximate surface area is 167 Å². The Bertz CT molecular complexity index is 1110. The number of nitrogens with zero attached hydrogens (tertiary/aromatic N) is 2. The van der Waals surface area contributed by atoms with E-state index in [0.717, 1.165) is 22.4 Å². The number of anilines is 1. The maximum atomic E-state index is 4.89. The summed E-state index contributed by atoms with van der Waals surface area (Å²) in [6.07, 6.45) is 0.985. The van der Waals surface area contributed by atoms with Crippen molar-refractivity contribution in [2.45, 2.75) is 25.4 Å². The summed E-state index contributed by atoms with van der Waals surface area (Å²) in [6, 6.07) is 26.3. The summed E-state index contributed by atoms with van der Waals surface area (Å²) in [5.41, 5.74) is 6.13. The molecule has 134 valence electrons. The molecular weight excluding hydrogens is 398 g/mol. The molecule has 0 bridgehead atoms. The first-order valence-corrected chi connectivity index (χ1v) is 10.0. The lowest BCUT2D eigenvalue weighted by atomic mass is 9.92. The lowest BCUT2D eigenvalue weighted by Crippen LogP contribution is -2.27. The molecule has 0 fully saturated rings. The van der Waals surface area contributed by atoms with Crippen molar-refractivity contribution in [3.05, 3.63) is 94.0 Å². The Morgan fingerprint density at radius 3 is 2.59 bits per heavy atom. The van der Waals surface area contributed by atoms with Gasteiger partial charge in [-0.1, -0.05) is 70.0 Å². The molecule has 3 aromatic carbocycles. The number of fused-ring (bicyclic) bond motifs is 3. The SMILES string of the molecule is Cc1cccc(C2CC(c3ccc(Br)cc3)Nc3nc4ccccc4n32)c1. The van der Waals surface area contributed by atoms with Crippen LogP contribution in [0.1, 0.15) is 35.2 Å². The van der Waals surface area contributed by atoms with Gasteiger partial charge in [-0.15, -0.1) is 0 Å². The number of hydrogen-bond acceptors (Lipinski definition) is 2. The predicted octanol–water partition coefficient (Wildman–Crippen LogP) is 6.25. The molecule has 27 heavy (non-hydrogen) atoms. The molecule has 4 aromatic rings. The van der Waals surface area contributed by atoms with E-state index in [2.05, 4.69) is 106 Å². The van der Waals surface area contributed by atoms with Crippen LogP contribution in [0.5, 0.6) is 0 Å². The number of hydrogen-bond donors (Lipinski definition) is 1. The van der Waals surface area contributed by atoms with Crippen LogP contribution in [0.15, 0.2) is 77.3 Å². The van der Waals surface area contributed by atoms with Crippen molar-refractivity contribution < 1.29 is 0 Å². The second-order valence-corrected chi connectivity index (χ2v) is 8.12. The summed E-state index contributed by atoms with van der Waals surface area (Å²) in [5, 5.41) is 3.67. The summed E-state index contributed by atoms with van der Waals surface area (Å²) >= 11 is 3.54. The molecule has 0 aliphatic carbocycles. The molecule has 0 amide bonds. The molecule has 0 radical (unpaired) electrons. The predicted molar refractivity (Wildman–Crippen MR) is 114 cm³/mol. The molecule has 1 aliphatic rings. The van der Waals surface area contributed by atoms with E-state index in [9.17, 15) is 0 Å². The van der Waals surface area contributed by atoms with Crippen LogP contribution in [0.25, 0.3) is 11.0 Å². The molecule has 1 aliphatic heterocycles. The van der Waals surface area contributed by atoms with Crippen LogP contribution in [0.2, 0.25) is 0 Å². The molecule has 2 unspecified atom stereocenters. The highest BCUT2D eigenvalue weighted by atomic mass is 79.9. The van der Waals surface area contributed by atoms with E-state index in [4.69, 9.17) is 4.98 Å². The number of aromatic nitrogens is 2. The molecule has 4 heteroatoms. The van der Waals surface area contributed by atoms with Crippen molar-refractivity contribution in [2.24, 2.45) is 0 Å². The minimum absolute atomic E-state index is 0.230. The molecule has 0 saturated carbocycles. The van der Waals surface area contributed by atoms with Gasteiger partial charge in [-0.25, -0.2) is 4.98 Å². The maximum Gasteiger partial charge on any atom is 0.204 e. The van der Waals surface area contributed by atoms with Crippen molar-refractivity contribution in [2.75, 3.05) is 5.32 Å². The maximum absolute atomic E-state index is 4.89. The lowest BCUT2D eigenvalue weighted by molar-refractivity contribution is 0.477. The summed E-state index contributed by atoms with van der Waals surface area (Å²) in [6.45, 7) is 2.16. The molecule has 2 atom stereocenters. The highest BCUT2D eigenvalue weighted by molar-refractivity contribution is 9.10. The van der Waals surface area contributed by atoms with Crippen LogP contribution in [-0.2, 0) is 0 Å². The number of nitrogens with one attached hydrogen (secondary N) is 1. The number of imidazole rings is 1. The van der Waals surface area contributed by atoms with E-state index in [0.29, 0.717) is 0 Å². The standard InChI is InChI=1S/C23H20BrN3/c1-15-5-4-6-17(13-15)22-14-20(16-9-11-18(24)12-10-16)26-23-25-19-7-2-3-8-21(19)27(22)23/h2-13,20,22H,14H2,1H3,(H,25,26). The molecule has 0 saturated heterocycles. The largest absolute Gasteiger partial charge is 0.349 e. The molecule has 0 spiro atoms. The van der Waals surface area contributed by atoms with Crippen molar-refractivity contribution in [3.63, 3.8) is 0 Å². The zero-order valence-electron chi connectivity index (χ0n) is 15.1. The second-order valence-electron chi connectivity index (χ2n) is 7.21. The first kappa shape index (κ1) is 16.6. The van der Waals surface area contributed by atoms with Crippen LogP contribution in [0.3, 0.4) is 0 Å². The number of para-hydroxylation sites is 2. The summed E-state index contributed by atoms with van der Waals surface area (Å²) < 4.78 is 3.46. The molecular formula is C23H20BrN3. The van der Waals surface area contributed by atoms with Crippen molar-refractivity contribution >= 4 is 32.9 Å². The van der Waals surface area contributed by atoms with E-state index in [1.165, 1.54) is 22.2 Å². The van der Waals surface area contributed by atoms with Gasteiger partial charge in [-0.2, -0.15) is 0 Å². The van der Waals surface area contributed by atoms with Crippen LogP contribution >= 0.6 is 15.9 Å². The summed E-state index contributed by atoms with van der Waals surface area (Å²) in [7, 11) is 0. The molecule has 1 N–H and O–H groups in total. The number of aryl methyl sites for hydroxylation is 1. The van der Waals surface area contributed by atoms with Gasteiger partial charge in [0.05, 0.1) is 23.1 Å². The smallest absolute Gasteiger partial charge is 0.204 e. The average molecular weight is 418 g/mol. The van der Waals surface area contributed by atoms with Gasteiger partial charge in [-0.05, 0) is 48.7 Å². The quantitative estimate of drug-likeness (QED) is 0.417. The fraction of sp³-hybridized carbons (Fsp3) is 0.174. The monoisotopic (exact) mass is 417 g/mol. The number of rotatable bonds is 2. The van der Waals surface area contributed by atoms with Gasteiger partial charge in [0.15, 0.2) is 0 Å². The second kappa shape index (κ2) is 6.54. The summed E-state index contributed by atoms with van der Waals surface area (Å²) in [4.78, 5) is 4.89. The zero-order chi connectivity index (χ0) is 18.4. The van der Waals surface area contributed by atoms with Crippen LogP contribution in [0, 0.1) is 6.92 Å². The van der Waals surface area contributed by atoms with Gasteiger partial charge >= 0.3 is 0 Å². The Kier molecular flexibility index (Phi) is 4.01. The Hall–Kier alpha value is -2.59. The average Bonchev–Trinajstić information content (AvgIpc) is 3.06. The fourth-order valence-corrected chi connectivity index (χ4v) is 4.35. The van der Waals surface area contributed by atoms with Gasteiger partial charge in [0, 0.05) is 4.47 Å². The first-order valence-electron chi connectivity index (χ1n) is 9.24. The van der Waals surface area contributed by atoms with Crippen LogP contribution in [-0.4, -0.2) is 9.55 Å². The lowest BCUT2D eigenvalue weighted by Gasteiger charge is -2.33. The third-order valence-electron chi connectivity index (χ3n) is 5.37. The Morgan fingerprint density at radius 1 is 0.963 bits per heavy atom. The van der Waals surface area contributed by atoms with Crippen LogP contribution in [0.4, 0.5) is 5.95 Å². The first-order chi connectivity index (χ1) is 13.2. The number of halogens is 1. The minimum atomic E-state index is 0.230. The zero-order valence-corrected chi connectivity index (χ0v) is 16.6. The normalized spacial score (nSPS) is 18.9. The van der Waals surface area contributed by atoms with Gasteiger partial charge in [0.2, 0.25) is 5.95 Å². The van der Waals surface area contributed by atoms with E-state index in [-0.39, 0.29) is 12.1 Å². The van der Waals surface area contributed by atoms with Gasteiger partial charge < -0.3 is 9.88 Å². The molecule has 3 nitrogen and oxygen atoms in total. The minimum Gasteiger partial charge on any atom is -0.349 e. The van der Waals surface area contributed by atoms with Gasteiger partial charge in [0.1, 0.15) is 0 Å². The third kappa shape index (κ3) is 2.94. The van der Waals surface area contributed by atoms with Crippen LogP contribution < -0.4 is 5.32 Å². The summed E-state index contributed by atoms with van der Waals surface area (Å²) in [5.74, 6) is 0.946. The van der Waals surface area contributed by atoms with E-state index < -0.39 is 0 Å². The topological polar surface area (TPSA) is 29.9 Å². The Balaban J connectivity index is 1.67. The van der Waals surface area contributed by atoms with Gasteiger partial charge in [0.25, 0.3) is 0 Å². The fourth-order valence-electron chi connectivity index (χ4n) is 4.08. The van der Waals surface area contributed by atoms with Crippen molar-refractivity contribution in [3.8, 4) is 0 Å². The molecule has 2 heterocycles. The molecule has 1 aromatic heterocycles. The van der Waals surface area contributed by atoms with E-state index in [1.807, 2.05) is 0 Å². The Morgan fingerprint density at radius 2 is 1.78 bits per heavy atom. The van der Waals surface area contributed by atoms with Crippen molar-refractivity contribution in [1.29, 1.82) is 0 Å². The van der Waals surface area contributed by atoms with Crippen molar-refractivity contribution in [1.82, 2.24) is 9.55 Å². The van der Waals surface area contributed by atoms with E-state index in [1.54, 1.807) is 0 Å². The third-order valence-corrected chi connectivity index (χ3v) is 5.90. The highest BCUT2D eigenvalue weighted by Crippen LogP contribution is 2.41. The highest BCUT2D eigenvalue weighted by Gasteiger charge is 2.30.